The third kappa shape index (κ3) is 5.59. The number of halogens is 3. The fourth-order valence-electron chi connectivity index (χ4n) is 2.44. The van der Waals surface area contributed by atoms with E-state index < -0.39 is 5.51 Å². The highest BCUT2D eigenvalue weighted by atomic mass is 32.2. The third-order valence-electron chi connectivity index (χ3n) is 3.74. The first kappa shape index (κ1) is 18.4. The Morgan fingerprint density at radius 3 is 2.25 bits per heavy atom. The Hall–Kier alpha value is -1.96. The quantitative estimate of drug-likeness (QED) is 0.665. The van der Waals surface area contributed by atoms with Crippen LogP contribution in [0.1, 0.15) is 18.4 Å². The molecular weight excluding hydrogens is 341 g/mol. The van der Waals surface area contributed by atoms with Gasteiger partial charge in [0.1, 0.15) is 0 Å². The Balaban J connectivity index is 1.89. The molecule has 1 aromatic rings. The Morgan fingerprint density at radius 1 is 1.17 bits per heavy atom. The Morgan fingerprint density at radius 2 is 1.75 bits per heavy atom. The number of carbonyl (C=O) groups is 2. The van der Waals surface area contributed by atoms with Crippen molar-refractivity contribution in [1.29, 1.82) is 0 Å². The van der Waals surface area contributed by atoms with Crippen molar-refractivity contribution in [3.8, 4) is 0 Å². The highest BCUT2D eigenvalue weighted by molar-refractivity contribution is 8.00. The molecule has 0 saturated carbocycles. The maximum atomic E-state index is 12.2. The predicted molar refractivity (Wildman–Crippen MR) is 85.9 cm³/mol. The van der Waals surface area contributed by atoms with Crippen LogP contribution in [0.4, 0.5) is 13.2 Å². The topological polar surface area (TPSA) is 63.4 Å². The first-order chi connectivity index (χ1) is 11.2. The molecule has 0 aliphatic carbocycles. The normalized spacial score (nSPS) is 16.5. The van der Waals surface area contributed by atoms with Crippen LogP contribution >= 0.6 is 11.8 Å². The van der Waals surface area contributed by atoms with Gasteiger partial charge in [0.25, 0.3) is 0 Å². The van der Waals surface area contributed by atoms with Gasteiger partial charge in [-0.05, 0) is 48.4 Å². The highest BCUT2D eigenvalue weighted by Gasteiger charge is 2.29. The van der Waals surface area contributed by atoms with E-state index in [1.807, 2.05) is 0 Å². The number of likely N-dealkylation sites (tertiary alicyclic amines) is 1. The van der Waals surface area contributed by atoms with Crippen LogP contribution in [-0.2, 0) is 9.59 Å². The summed E-state index contributed by atoms with van der Waals surface area (Å²) in [4.78, 5) is 24.9. The standard InChI is InChI=1S/C16H17F3N2O2S/c17-16(18,19)24-13-4-1-11(2-5-13)3-6-14(22)21-9-7-12(8-10-21)15(20)23/h1-6,12H,7-10H2,(H2,20,23)/b6-3+. The van der Waals surface area contributed by atoms with Gasteiger partial charge in [0.2, 0.25) is 11.8 Å². The van der Waals surface area contributed by atoms with Crippen molar-refractivity contribution in [2.45, 2.75) is 23.2 Å². The first-order valence-electron chi connectivity index (χ1n) is 7.37. The summed E-state index contributed by atoms with van der Waals surface area (Å²) in [5.74, 6) is -0.710. The van der Waals surface area contributed by atoms with Gasteiger partial charge in [0.15, 0.2) is 0 Å². The van der Waals surface area contributed by atoms with Crippen LogP contribution in [0.2, 0.25) is 0 Å². The minimum Gasteiger partial charge on any atom is -0.369 e. The van der Waals surface area contributed by atoms with Crippen LogP contribution < -0.4 is 5.73 Å². The van der Waals surface area contributed by atoms with E-state index in [0.29, 0.717) is 31.5 Å². The lowest BCUT2D eigenvalue weighted by atomic mass is 9.96. The van der Waals surface area contributed by atoms with Gasteiger partial charge < -0.3 is 10.6 Å². The molecule has 1 aromatic carbocycles. The van der Waals surface area contributed by atoms with Gasteiger partial charge in [0, 0.05) is 30.0 Å². The smallest absolute Gasteiger partial charge is 0.369 e. The third-order valence-corrected chi connectivity index (χ3v) is 4.48. The molecular formula is C16H17F3N2O2S. The molecule has 0 aromatic heterocycles. The molecule has 0 atom stereocenters. The summed E-state index contributed by atoms with van der Waals surface area (Å²) in [6.45, 7) is 0.940. The number of hydrogen-bond donors (Lipinski definition) is 1. The zero-order valence-electron chi connectivity index (χ0n) is 12.8. The van der Waals surface area contributed by atoms with Crippen LogP contribution in [0.5, 0.6) is 0 Å². The summed E-state index contributed by atoms with van der Waals surface area (Å²) in [5.41, 5.74) is 1.57. The number of amides is 2. The van der Waals surface area contributed by atoms with E-state index in [1.54, 1.807) is 11.0 Å². The molecule has 8 heteroatoms. The van der Waals surface area contributed by atoms with Crippen LogP contribution in [0.3, 0.4) is 0 Å². The summed E-state index contributed by atoms with van der Waals surface area (Å²) in [7, 11) is 0. The second-order valence-corrected chi connectivity index (χ2v) is 6.59. The van der Waals surface area contributed by atoms with E-state index in [0.717, 1.165) is 0 Å². The summed E-state index contributed by atoms with van der Waals surface area (Å²) < 4.78 is 36.7. The largest absolute Gasteiger partial charge is 0.446 e. The molecule has 130 valence electrons. The van der Waals surface area contributed by atoms with Crippen molar-refractivity contribution in [2.75, 3.05) is 13.1 Å². The number of carbonyl (C=O) groups excluding carboxylic acids is 2. The fraction of sp³-hybridized carbons (Fsp3) is 0.375. The van der Waals surface area contributed by atoms with Crippen molar-refractivity contribution in [1.82, 2.24) is 4.90 Å². The van der Waals surface area contributed by atoms with E-state index in [1.165, 1.54) is 30.3 Å². The maximum Gasteiger partial charge on any atom is 0.446 e. The lowest BCUT2D eigenvalue weighted by Gasteiger charge is -2.29. The number of nitrogens with two attached hydrogens (primary N) is 1. The maximum absolute atomic E-state index is 12.2. The predicted octanol–water partition coefficient (Wildman–Crippen LogP) is 3.04. The molecule has 1 heterocycles. The van der Waals surface area contributed by atoms with Crippen LogP contribution in [0.15, 0.2) is 35.2 Å². The zero-order chi connectivity index (χ0) is 17.7. The minimum atomic E-state index is -4.32. The van der Waals surface area contributed by atoms with Crippen LogP contribution in [0.25, 0.3) is 6.08 Å². The molecule has 1 aliphatic heterocycles. The second-order valence-electron chi connectivity index (χ2n) is 5.45. The fourth-order valence-corrected chi connectivity index (χ4v) is 2.98. The molecule has 4 nitrogen and oxygen atoms in total. The monoisotopic (exact) mass is 358 g/mol. The van der Waals surface area contributed by atoms with Crippen molar-refractivity contribution in [2.24, 2.45) is 11.7 Å². The van der Waals surface area contributed by atoms with Crippen molar-refractivity contribution < 1.29 is 22.8 Å². The zero-order valence-corrected chi connectivity index (χ0v) is 13.6. The molecule has 2 amide bonds. The molecule has 0 unspecified atom stereocenters. The Bertz CT molecular complexity index is 621. The van der Waals surface area contributed by atoms with Gasteiger partial charge in [-0.3, -0.25) is 9.59 Å². The van der Waals surface area contributed by atoms with E-state index in [2.05, 4.69) is 0 Å². The second kappa shape index (κ2) is 7.74. The number of thioether (sulfide) groups is 1. The molecule has 24 heavy (non-hydrogen) atoms. The summed E-state index contributed by atoms with van der Waals surface area (Å²) >= 11 is -0.178. The average Bonchev–Trinajstić information content (AvgIpc) is 2.52. The van der Waals surface area contributed by atoms with E-state index in [9.17, 15) is 22.8 Å². The molecule has 1 saturated heterocycles. The summed E-state index contributed by atoms with van der Waals surface area (Å²) in [6.07, 6.45) is 4.05. The number of nitrogens with zero attached hydrogens (tertiary/aromatic N) is 1. The molecule has 1 fully saturated rings. The van der Waals surface area contributed by atoms with Gasteiger partial charge in [0.05, 0.1) is 0 Å². The first-order valence-corrected chi connectivity index (χ1v) is 8.18. The molecule has 0 spiro atoms. The van der Waals surface area contributed by atoms with Gasteiger partial charge in [-0.25, -0.2) is 0 Å². The van der Waals surface area contributed by atoms with Gasteiger partial charge in [-0.1, -0.05) is 12.1 Å². The van der Waals surface area contributed by atoms with Crippen molar-refractivity contribution in [3.63, 3.8) is 0 Å². The average molecular weight is 358 g/mol. The molecule has 2 N–H and O–H groups in total. The Kier molecular flexibility index (Phi) is 5.93. The molecule has 0 bridgehead atoms. The molecule has 1 aliphatic rings. The minimum absolute atomic E-state index is 0.0968. The van der Waals surface area contributed by atoms with Crippen LogP contribution in [-0.4, -0.2) is 35.3 Å². The van der Waals surface area contributed by atoms with Crippen LogP contribution in [0, 0.1) is 5.92 Å². The number of rotatable bonds is 4. The number of hydrogen-bond acceptors (Lipinski definition) is 3. The highest BCUT2D eigenvalue weighted by Crippen LogP contribution is 2.36. The SMILES string of the molecule is NC(=O)C1CCN(C(=O)/C=C/c2ccc(SC(F)(F)F)cc2)CC1. The summed E-state index contributed by atoms with van der Waals surface area (Å²) in [6, 6.07) is 5.77. The number of benzene rings is 1. The molecule has 0 radical (unpaired) electrons. The number of primary amides is 1. The van der Waals surface area contributed by atoms with E-state index in [4.69, 9.17) is 5.73 Å². The van der Waals surface area contributed by atoms with Gasteiger partial charge in [-0.2, -0.15) is 13.2 Å². The molecule has 2 rings (SSSR count). The Labute approximate surface area is 141 Å². The van der Waals surface area contributed by atoms with E-state index in [-0.39, 0.29) is 34.4 Å². The van der Waals surface area contributed by atoms with E-state index >= 15 is 0 Å². The number of alkyl halides is 3. The lowest BCUT2D eigenvalue weighted by molar-refractivity contribution is -0.130. The number of piperidine rings is 1. The summed E-state index contributed by atoms with van der Waals surface area (Å²) in [5, 5.41) is 0. The van der Waals surface area contributed by atoms with Crippen molar-refractivity contribution in [3.05, 3.63) is 35.9 Å². The van der Waals surface area contributed by atoms with Gasteiger partial charge >= 0.3 is 5.51 Å². The lowest BCUT2D eigenvalue weighted by Crippen LogP contribution is -2.41. The van der Waals surface area contributed by atoms with Gasteiger partial charge in [-0.15, -0.1) is 0 Å². The van der Waals surface area contributed by atoms with Crippen molar-refractivity contribution >= 4 is 29.7 Å².